The molecule has 4 heterocycles. The standard InChI is InChI=1S/C27H16N4S/c1-2-8-17(9-3-1)21-15-28-16-29-26(21)31-22-12-6-4-10-18(22)20-14-24-25(30-27(20)31)19-11-5-7-13-23(19)32-24/h1-16H. The molecule has 0 unspecified atom stereocenters. The second-order valence-electron chi connectivity index (χ2n) is 7.78. The van der Waals surface area contributed by atoms with Gasteiger partial charge in [0.15, 0.2) is 0 Å². The first-order valence-electron chi connectivity index (χ1n) is 10.5. The molecule has 150 valence electrons. The van der Waals surface area contributed by atoms with Crippen LogP contribution in [0.2, 0.25) is 0 Å². The molecule has 0 N–H and O–H groups in total. The second kappa shape index (κ2) is 6.70. The Morgan fingerprint density at radius 1 is 0.719 bits per heavy atom. The topological polar surface area (TPSA) is 43.6 Å². The highest BCUT2D eigenvalue weighted by Crippen LogP contribution is 2.39. The first-order chi connectivity index (χ1) is 15.9. The maximum atomic E-state index is 5.23. The monoisotopic (exact) mass is 428 g/mol. The third-order valence-electron chi connectivity index (χ3n) is 5.96. The van der Waals surface area contributed by atoms with Crippen LogP contribution in [0.5, 0.6) is 0 Å². The Balaban J connectivity index is 1.65. The van der Waals surface area contributed by atoms with Gasteiger partial charge in [0.2, 0.25) is 0 Å². The van der Waals surface area contributed by atoms with Crippen molar-refractivity contribution in [1.82, 2.24) is 19.5 Å². The molecular formula is C27H16N4S. The van der Waals surface area contributed by atoms with Crippen molar-refractivity contribution in [1.29, 1.82) is 0 Å². The summed E-state index contributed by atoms with van der Waals surface area (Å²) in [4.78, 5) is 14.3. The van der Waals surface area contributed by atoms with Crippen LogP contribution >= 0.6 is 11.3 Å². The molecule has 0 bridgehead atoms. The fourth-order valence-corrected chi connectivity index (χ4v) is 5.63. The molecule has 4 nitrogen and oxygen atoms in total. The molecule has 0 saturated heterocycles. The molecule has 0 aliphatic rings. The van der Waals surface area contributed by atoms with Gasteiger partial charge in [0.05, 0.1) is 15.7 Å². The minimum Gasteiger partial charge on any atom is -0.277 e. The second-order valence-corrected chi connectivity index (χ2v) is 8.87. The van der Waals surface area contributed by atoms with Crippen molar-refractivity contribution in [3.8, 4) is 16.9 Å². The smallest absolute Gasteiger partial charge is 0.150 e. The summed E-state index contributed by atoms with van der Waals surface area (Å²) >= 11 is 1.79. The van der Waals surface area contributed by atoms with E-state index in [1.165, 1.54) is 20.2 Å². The summed E-state index contributed by atoms with van der Waals surface area (Å²) in [5.41, 5.74) is 5.10. The molecule has 0 aliphatic carbocycles. The molecule has 0 spiro atoms. The van der Waals surface area contributed by atoms with Crippen LogP contribution in [0.3, 0.4) is 0 Å². The number of nitrogens with zero attached hydrogens (tertiary/aromatic N) is 4. The van der Waals surface area contributed by atoms with Gasteiger partial charge in [-0.2, -0.15) is 0 Å². The van der Waals surface area contributed by atoms with E-state index in [9.17, 15) is 0 Å². The van der Waals surface area contributed by atoms with Gasteiger partial charge in [-0.15, -0.1) is 11.3 Å². The van der Waals surface area contributed by atoms with Gasteiger partial charge in [-0.25, -0.2) is 15.0 Å². The maximum absolute atomic E-state index is 5.23. The van der Waals surface area contributed by atoms with Crippen molar-refractivity contribution in [3.05, 3.63) is 97.5 Å². The molecule has 0 atom stereocenters. The van der Waals surface area contributed by atoms with Crippen molar-refractivity contribution in [3.63, 3.8) is 0 Å². The summed E-state index contributed by atoms with van der Waals surface area (Å²) in [5.74, 6) is 0.837. The molecule has 32 heavy (non-hydrogen) atoms. The fourth-order valence-electron chi connectivity index (χ4n) is 4.54. The van der Waals surface area contributed by atoms with E-state index in [0.717, 1.165) is 39.0 Å². The molecule has 0 aliphatic heterocycles. The average molecular weight is 429 g/mol. The van der Waals surface area contributed by atoms with Gasteiger partial charge < -0.3 is 0 Å². The predicted octanol–water partition coefficient (Wildman–Crippen LogP) is 7.00. The molecule has 5 heteroatoms. The molecule has 0 fully saturated rings. The Morgan fingerprint density at radius 2 is 1.50 bits per heavy atom. The summed E-state index contributed by atoms with van der Waals surface area (Å²) in [6.45, 7) is 0. The van der Waals surface area contributed by atoms with Gasteiger partial charge in [-0.1, -0.05) is 66.7 Å². The summed E-state index contributed by atoms with van der Waals surface area (Å²) in [6, 6.07) is 29.5. The van der Waals surface area contributed by atoms with E-state index in [0.29, 0.717) is 0 Å². The third-order valence-corrected chi connectivity index (χ3v) is 7.07. The zero-order valence-electron chi connectivity index (χ0n) is 16.9. The summed E-state index contributed by atoms with van der Waals surface area (Å²) in [7, 11) is 0. The molecule has 0 radical (unpaired) electrons. The van der Waals surface area contributed by atoms with Gasteiger partial charge in [0.25, 0.3) is 0 Å². The Hall–Kier alpha value is -4.09. The third kappa shape index (κ3) is 2.46. The van der Waals surface area contributed by atoms with Crippen molar-refractivity contribution < 1.29 is 0 Å². The first kappa shape index (κ1) is 17.6. The molecule has 3 aromatic carbocycles. The van der Waals surface area contributed by atoms with Crippen LogP contribution in [0.15, 0.2) is 97.5 Å². The Bertz CT molecular complexity index is 1780. The minimum atomic E-state index is 0.837. The van der Waals surface area contributed by atoms with E-state index < -0.39 is 0 Å². The lowest BCUT2D eigenvalue weighted by atomic mass is 10.1. The lowest BCUT2D eigenvalue weighted by molar-refractivity contribution is 1.03. The molecule has 0 saturated carbocycles. The van der Waals surface area contributed by atoms with Crippen LogP contribution < -0.4 is 0 Å². The largest absolute Gasteiger partial charge is 0.277 e. The zero-order chi connectivity index (χ0) is 21.1. The highest BCUT2D eigenvalue weighted by Gasteiger charge is 2.19. The predicted molar refractivity (Wildman–Crippen MR) is 132 cm³/mol. The number of benzene rings is 3. The van der Waals surface area contributed by atoms with Crippen molar-refractivity contribution in [2.24, 2.45) is 0 Å². The lowest BCUT2D eigenvalue weighted by Crippen LogP contribution is -2.02. The van der Waals surface area contributed by atoms with E-state index >= 15 is 0 Å². The Labute approximate surface area is 187 Å². The van der Waals surface area contributed by atoms with E-state index in [1.807, 2.05) is 24.4 Å². The van der Waals surface area contributed by atoms with Gasteiger partial charge in [0.1, 0.15) is 17.8 Å². The van der Waals surface area contributed by atoms with Gasteiger partial charge in [-0.3, -0.25) is 4.57 Å². The number of aromatic nitrogens is 4. The van der Waals surface area contributed by atoms with Crippen LogP contribution in [0.4, 0.5) is 0 Å². The van der Waals surface area contributed by atoms with Gasteiger partial charge in [0, 0.05) is 32.6 Å². The maximum Gasteiger partial charge on any atom is 0.150 e. The van der Waals surface area contributed by atoms with Crippen molar-refractivity contribution >= 4 is 53.6 Å². The lowest BCUT2D eigenvalue weighted by Gasteiger charge is -2.11. The van der Waals surface area contributed by atoms with Crippen LogP contribution in [0.25, 0.3) is 59.2 Å². The van der Waals surface area contributed by atoms with E-state index in [4.69, 9.17) is 9.97 Å². The van der Waals surface area contributed by atoms with Crippen molar-refractivity contribution in [2.45, 2.75) is 0 Å². The molecular weight excluding hydrogens is 412 g/mol. The number of hydrogen-bond donors (Lipinski definition) is 0. The molecule has 0 amide bonds. The number of rotatable bonds is 2. The van der Waals surface area contributed by atoms with Crippen LogP contribution in [-0.2, 0) is 0 Å². The number of hydrogen-bond acceptors (Lipinski definition) is 4. The quantitative estimate of drug-likeness (QED) is 0.298. The van der Waals surface area contributed by atoms with Crippen LogP contribution in [0.1, 0.15) is 0 Å². The SMILES string of the molecule is c1ccc(-c2cncnc2-n2c3ccccc3c3cc4sc5ccccc5c4nc32)cc1. The normalized spacial score (nSPS) is 11.8. The number of thiophene rings is 1. The van der Waals surface area contributed by atoms with Crippen LogP contribution in [0, 0.1) is 0 Å². The van der Waals surface area contributed by atoms with Crippen molar-refractivity contribution in [2.75, 3.05) is 0 Å². The summed E-state index contributed by atoms with van der Waals surface area (Å²) in [6.07, 6.45) is 3.50. The number of para-hydroxylation sites is 1. The molecule has 7 aromatic rings. The van der Waals surface area contributed by atoms with Gasteiger partial charge in [-0.05, 0) is 23.8 Å². The Kier molecular flexibility index (Phi) is 3.68. The molecule has 7 rings (SSSR count). The highest BCUT2D eigenvalue weighted by molar-refractivity contribution is 7.25. The summed E-state index contributed by atoms with van der Waals surface area (Å²) in [5, 5.41) is 3.50. The van der Waals surface area contributed by atoms with E-state index in [2.05, 4.69) is 76.3 Å². The fraction of sp³-hybridized carbons (Fsp3) is 0. The molecule has 4 aromatic heterocycles. The number of pyridine rings is 1. The van der Waals surface area contributed by atoms with E-state index in [1.54, 1.807) is 17.7 Å². The Morgan fingerprint density at radius 3 is 2.41 bits per heavy atom. The van der Waals surface area contributed by atoms with E-state index in [-0.39, 0.29) is 0 Å². The minimum absolute atomic E-state index is 0.837. The first-order valence-corrected chi connectivity index (χ1v) is 11.3. The highest BCUT2D eigenvalue weighted by atomic mass is 32.1. The average Bonchev–Trinajstić information content (AvgIpc) is 3.38. The zero-order valence-corrected chi connectivity index (χ0v) is 17.8. The summed E-state index contributed by atoms with van der Waals surface area (Å²) < 4.78 is 4.64. The number of fused-ring (bicyclic) bond motifs is 6. The van der Waals surface area contributed by atoms with Crippen LogP contribution in [-0.4, -0.2) is 19.5 Å². The van der Waals surface area contributed by atoms with Gasteiger partial charge >= 0.3 is 0 Å².